The Labute approximate surface area is 110 Å². The smallest absolute Gasteiger partial charge is 0.127 e. The molecule has 1 nitrogen and oxygen atoms in total. The highest BCUT2D eigenvalue weighted by Crippen LogP contribution is 2.25. The van der Waals surface area contributed by atoms with Crippen molar-refractivity contribution in [2.24, 2.45) is 5.92 Å². The van der Waals surface area contributed by atoms with Gasteiger partial charge in [0.2, 0.25) is 0 Å². The molecule has 1 aromatic rings. The van der Waals surface area contributed by atoms with Gasteiger partial charge in [0.25, 0.3) is 0 Å². The Balaban J connectivity index is 1.91. The van der Waals surface area contributed by atoms with Gasteiger partial charge in [-0.2, -0.15) is 0 Å². The number of benzene rings is 1. The summed E-state index contributed by atoms with van der Waals surface area (Å²) in [5.41, 5.74) is 0.920. The Kier molecular flexibility index (Phi) is 4.84. The SMILES string of the molecule is Fc1cc(CBr)cc(OCC2CCCCC2)c1. The molecule has 94 valence electrons. The van der Waals surface area contributed by atoms with Gasteiger partial charge in [-0.3, -0.25) is 0 Å². The number of rotatable bonds is 4. The second-order valence-electron chi connectivity index (χ2n) is 4.74. The van der Waals surface area contributed by atoms with Gasteiger partial charge in [-0.15, -0.1) is 0 Å². The predicted molar refractivity (Wildman–Crippen MR) is 71.1 cm³/mol. The molecule has 0 heterocycles. The first kappa shape index (κ1) is 12.9. The molecule has 3 heteroatoms. The minimum absolute atomic E-state index is 0.222. The summed E-state index contributed by atoms with van der Waals surface area (Å²) in [7, 11) is 0. The van der Waals surface area contributed by atoms with E-state index in [1.165, 1.54) is 44.2 Å². The van der Waals surface area contributed by atoms with Crippen LogP contribution in [0, 0.1) is 11.7 Å². The topological polar surface area (TPSA) is 9.23 Å². The van der Waals surface area contributed by atoms with E-state index in [1.807, 2.05) is 6.07 Å². The third kappa shape index (κ3) is 3.98. The lowest BCUT2D eigenvalue weighted by molar-refractivity contribution is 0.208. The molecule has 17 heavy (non-hydrogen) atoms. The summed E-state index contributed by atoms with van der Waals surface area (Å²) < 4.78 is 19.0. The van der Waals surface area contributed by atoms with E-state index in [4.69, 9.17) is 4.74 Å². The van der Waals surface area contributed by atoms with Crippen molar-refractivity contribution in [1.82, 2.24) is 0 Å². The molecule has 0 spiro atoms. The molecule has 0 atom stereocenters. The van der Waals surface area contributed by atoms with Crippen LogP contribution in [0.4, 0.5) is 4.39 Å². The first-order chi connectivity index (χ1) is 8.28. The van der Waals surface area contributed by atoms with E-state index in [1.54, 1.807) is 0 Å². The average molecular weight is 301 g/mol. The van der Waals surface area contributed by atoms with Gasteiger partial charge in [0.05, 0.1) is 6.61 Å². The maximum atomic E-state index is 13.3. The molecular formula is C14H18BrFO. The molecule has 0 amide bonds. The van der Waals surface area contributed by atoms with Crippen LogP contribution in [0.25, 0.3) is 0 Å². The molecule has 0 radical (unpaired) electrons. The van der Waals surface area contributed by atoms with E-state index < -0.39 is 0 Å². The Bertz CT molecular complexity index is 361. The summed E-state index contributed by atoms with van der Waals surface area (Å²) >= 11 is 3.33. The summed E-state index contributed by atoms with van der Waals surface area (Å²) in [5.74, 6) is 1.09. The van der Waals surface area contributed by atoms with Crippen molar-refractivity contribution in [3.05, 3.63) is 29.6 Å². The minimum Gasteiger partial charge on any atom is -0.493 e. The van der Waals surface area contributed by atoms with Crippen LogP contribution in [0.2, 0.25) is 0 Å². The zero-order valence-electron chi connectivity index (χ0n) is 9.92. The van der Waals surface area contributed by atoms with Crippen molar-refractivity contribution in [1.29, 1.82) is 0 Å². The second kappa shape index (κ2) is 6.39. The fourth-order valence-electron chi connectivity index (χ4n) is 2.35. The highest BCUT2D eigenvalue weighted by Gasteiger charge is 2.14. The van der Waals surface area contributed by atoms with Crippen LogP contribution >= 0.6 is 15.9 Å². The van der Waals surface area contributed by atoms with Crippen molar-refractivity contribution < 1.29 is 9.13 Å². The Morgan fingerprint density at radius 1 is 1.18 bits per heavy atom. The molecule has 0 unspecified atom stereocenters. The molecule has 0 N–H and O–H groups in total. The van der Waals surface area contributed by atoms with Gasteiger partial charge in [-0.25, -0.2) is 4.39 Å². The van der Waals surface area contributed by atoms with Gasteiger partial charge in [0.1, 0.15) is 11.6 Å². The summed E-state index contributed by atoms with van der Waals surface area (Å²) in [4.78, 5) is 0. The number of hydrogen-bond acceptors (Lipinski definition) is 1. The van der Waals surface area contributed by atoms with Crippen LogP contribution < -0.4 is 4.74 Å². The van der Waals surface area contributed by atoms with Crippen LogP contribution in [0.15, 0.2) is 18.2 Å². The van der Waals surface area contributed by atoms with Gasteiger partial charge in [0.15, 0.2) is 0 Å². The number of ether oxygens (including phenoxy) is 1. The Morgan fingerprint density at radius 2 is 1.94 bits per heavy atom. The number of alkyl halides is 1. The zero-order valence-corrected chi connectivity index (χ0v) is 11.5. The van der Waals surface area contributed by atoms with Crippen molar-refractivity contribution in [2.45, 2.75) is 37.4 Å². The third-order valence-corrected chi connectivity index (χ3v) is 3.94. The minimum atomic E-state index is -0.222. The van der Waals surface area contributed by atoms with Gasteiger partial charge in [-0.1, -0.05) is 35.2 Å². The lowest BCUT2D eigenvalue weighted by Gasteiger charge is -2.21. The lowest BCUT2D eigenvalue weighted by atomic mass is 9.90. The summed E-state index contributed by atoms with van der Waals surface area (Å²) in [6, 6.07) is 4.90. The lowest BCUT2D eigenvalue weighted by Crippen LogP contribution is -2.15. The fourth-order valence-corrected chi connectivity index (χ4v) is 2.67. The second-order valence-corrected chi connectivity index (χ2v) is 5.30. The average Bonchev–Trinajstić information content (AvgIpc) is 2.37. The van der Waals surface area contributed by atoms with Gasteiger partial charge in [0, 0.05) is 11.4 Å². The van der Waals surface area contributed by atoms with Crippen LogP contribution in [0.5, 0.6) is 5.75 Å². The fraction of sp³-hybridized carbons (Fsp3) is 0.571. The van der Waals surface area contributed by atoms with Gasteiger partial charge >= 0.3 is 0 Å². The van der Waals surface area contributed by atoms with E-state index in [0.29, 0.717) is 17.0 Å². The first-order valence-corrected chi connectivity index (χ1v) is 7.38. The van der Waals surface area contributed by atoms with E-state index in [-0.39, 0.29) is 5.82 Å². The molecule has 1 saturated carbocycles. The zero-order chi connectivity index (χ0) is 12.1. The molecule has 1 aliphatic rings. The highest BCUT2D eigenvalue weighted by atomic mass is 79.9. The maximum Gasteiger partial charge on any atom is 0.127 e. The third-order valence-electron chi connectivity index (χ3n) is 3.30. The van der Waals surface area contributed by atoms with E-state index in [0.717, 1.165) is 12.2 Å². The van der Waals surface area contributed by atoms with E-state index >= 15 is 0 Å². The molecule has 0 aliphatic heterocycles. The van der Waals surface area contributed by atoms with Crippen LogP contribution in [0.3, 0.4) is 0 Å². The molecule has 0 aromatic heterocycles. The number of hydrogen-bond donors (Lipinski definition) is 0. The molecule has 1 aromatic carbocycles. The molecule has 0 bridgehead atoms. The summed E-state index contributed by atoms with van der Waals surface area (Å²) in [6.45, 7) is 0.727. The highest BCUT2D eigenvalue weighted by molar-refractivity contribution is 9.08. The molecule has 2 rings (SSSR count). The normalized spacial score (nSPS) is 17.1. The van der Waals surface area contributed by atoms with Crippen molar-refractivity contribution in [3.8, 4) is 5.75 Å². The van der Waals surface area contributed by atoms with Crippen LogP contribution in [0.1, 0.15) is 37.7 Å². The van der Waals surface area contributed by atoms with Gasteiger partial charge in [-0.05, 0) is 36.5 Å². The quantitative estimate of drug-likeness (QED) is 0.734. The Morgan fingerprint density at radius 3 is 2.65 bits per heavy atom. The van der Waals surface area contributed by atoms with Crippen LogP contribution in [-0.2, 0) is 5.33 Å². The van der Waals surface area contributed by atoms with Crippen molar-refractivity contribution in [3.63, 3.8) is 0 Å². The largest absolute Gasteiger partial charge is 0.493 e. The van der Waals surface area contributed by atoms with Gasteiger partial charge < -0.3 is 4.74 Å². The summed E-state index contributed by atoms with van der Waals surface area (Å²) in [5, 5.41) is 0.657. The Hall–Kier alpha value is -0.570. The maximum absolute atomic E-state index is 13.3. The summed E-state index contributed by atoms with van der Waals surface area (Å²) in [6.07, 6.45) is 6.47. The monoisotopic (exact) mass is 300 g/mol. The van der Waals surface area contributed by atoms with Crippen molar-refractivity contribution >= 4 is 15.9 Å². The molecule has 1 fully saturated rings. The molecule has 0 saturated heterocycles. The van der Waals surface area contributed by atoms with E-state index in [2.05, 4.69) is 15.9 Å². The predicted octanol–water partition coefficient (Wildman–Crippen LogP) is 4.68. The molecular weight excluding hydrogens is 283 g/mol. The molecule has 1 aliphatic carbocycles. The first-order valence-electron chi connectivity index (χ1n) is 6.26. The standard InChI is InChI=1S/C14H18BrFO/c15-9-12-6-13(16)8-14(7-12)17-10-11-4-2-1-3-5-11/h6-8,11H,1-5,9-10H2. The number of halogens is 2. The van der Waals surface area contributed by atoms with Crippen molar-refractivity contribution in [2.75, 3.05) is 6.61 Å². The van der Waals surface area contributed by atoms with Crippen LogP contribution in [-0.4, -0.2) is 6.61 Å². The van der Waals surface area contributed by atoms with E-state index in [9.17, 15) is 4.39 Å².